The smallest absolute Gasteiger partial charge is 0.255 e. The molecule has 0 saturated carbocycles. The number of rotatable bonds is 6. The minimum absolute atomic E-state index is 0.205. The Balaban J connectivity index is 1.32. The van der Waals surface area contributed by atoms with Crippen molar-refractivity contribution in [3.63, 3.8) is 0 Å². The Kier molecular flexibility index (Phi) is 6.05. The van der Waals surface area contributed by atoms with Crippen LogP contribution in [0.2, 0.25) is 0 Å². The molecule has 0 fully saturated rings. The van der Waals surface area contributed by atoms with Gasteiger partial charge in [-0.05, 0) is 72.8 Å². The summed E-state index contributed by atoms with van der Waals surface area (Å²) in [6.45, 7) is 0. The molecule has 1 heterocycles. The highest BCUT2D eigenvalue weighted by atomic mass is 16.1. The second-order valence-electron chi connectivity index (χ2n) is 7.93. The molecular formula is C29H21N5O. The number of carbonyl (C=O) groups is 1. The van der Waals surface area contributed by atoms with Crippen LogP contribution in [0.1, 0.15) is 15.9 Å². The van der Waals surface area contributed by atoms with Crippen molar-refractivity contribution in [2.75, 3.05) is 16.0 Å². The summed E-state index contributed by atoms with van der Waals surface area (Å²) in [6, 6.07) is 34.2. The van der Waals surface area contributed by atoms with Crippen molar-refractivity contribution in [2.45, 2.75) is 0 Å². The highest BCUT2D eigenvalue weighted by molar-refractivity contribution is 6.05. The van der Waals surface area contributed by atoms with Crippen molar-refractivity contribution in [1.82, 2.24) is 4.98 Å². The first-order valence-electron chi connectivity index (χ1n) is 11.1. The lowest BCUT2D eigenvalue weighted by molar-refractivity contribution is 0.102. The number of carbonyl (C=O) groups excluding carboxylic acids is 1. The first kappa shape index (κ1) is 21.7. The Bertz CT molecular complexity index is 1560. The van der Waals surface area contributed by atoms with Gasteiger partial charge in [-0.15, -0.1) is 0 Å². The number of aromatic nitrogens is 1. The minimum atomic E-state index is -0.205. The van der Waals surface area contributed by atoms with Crippen molar-refractivity contribution < 1.29 is 4.79 Å². The van der Waals surface area contributed by atoms with Crippen molar-refractivity contribution in [1.29, 1.82) is 5.26 Å². The summed E-state index contributed by atoms with van der Waals surface area (Å²) in [4.78, 5) is 17.3. The number of anilines is 5. The van der Waals surface area contributed by atoms with Gasteiger partial charge in [0.2, 0.25) is 0 Å². The Labute approximate surface area is 202 Å². The van der Waals surface area contributed by atoms with E-state index in [1.54, 1.807) is 30.5 Å². The third kappa shape index (κ3) is 5.10. The molecule has 3 N–H and O–H groups in total. The van der Waals surface area contributed by atoms with Gasteiger partial charge in [0.1, 0.15) is 0 Å². The number of pyridine rings is 1. The zero-order valence-corrected chi connectivity index (χ0v) is 18.7. The lowest BCUT2D eigenvalue weighted by Gasteiger charge is -2.12. The summed E-state index contributed by atoms with van der Waals surface area (Å²) in [5, 5.41) is 19.7. The van der Waals surface area contributed by atoms with Crippen molar-refractivity contribution in [3.8, 4) is 6.07 Å². The van der Waals surface area contributed by atoms with Gasteiger partial charge in [-0.3, -0.25) is 9.78 Å². The van der Waals surface area contributed by atoms with E-state index in [0.717, 1.165) is 33.7 Å². The Hall–Kier alpha value is -5.15. The van der Waals surface area contributed by atoms with E-state index in [-0.39, 0.29) is 5.91 Å². The van der Waals surface area contributed by atoms with E-state index in [0.29, 0.717) is 16.8 Å². The molecule has 5 aromatic rings. The lowest BCUT2D eigenvalue weighted by atomic mass is 10.1. The molecule has 1 aromatic heterocycles. The minimum Gasteiger partial charge on any atom is -0.355 e. The van der Waals surface area contributed by atoms with Gasteiger partial charge in [0.05, 0.1) is 17.1 Å². The quantitative estimate of drug-likeness (QED) is 0.261. The number of hydrogen-bond donors (Lipinski definition) is 3. The highest BCUT2D eigenvalue weighted by Gasteiger charge is 2.09. The topological polar surface area (TPSA) is 89.8 Å². The van der Waals surface area contributed by atoms with Crippen LogP contribution in [-0.2, 0) is 0 Å². The molecular weight excluding hydrogens is 434 g/mol. The fourth-order valence-electron chi connectivity index (χ4n) is 3.79. The van der Waals surface area contributed by atoms with Crippen LogP contribution in [0.4, 0.5) is 28.4 Å². The van der Waals surface area contributed by atoms with Crippen LogP contribution < -0.4 is 16.0 Å². The van der Waals surface area contributed by atoms with Gasteiger partial charge in [-0.25, -0.2) is 0 Å². The predicted molar refractivity (Wildman–Crippen MR) is 140 cm³/mol. The first-order chi connectivity index (χ1) is 17.2. The lowest BCUT2D eigenvalue weighted by Crippen LogP contribution is -2.12. The molecule has 0 saturated heterocycles. The summed E-state index contributed by atoms with van der Waals surface area (Å²) in [7, 11) is 0. The third-order valence-corrected chi connectivity index (χ3v) is 5.46. The zero-order valence-electron chi connectivity index (χ0n) is 18.7. The van der Waals surface area contributed by atoms with Gasteiger partial charge in [0.25, 0.3) is 5.91 Å². The van der Waals surface area contributed by atoms with E-state index >= 15 is 0 Å². The summed E-state index contributed by atoms with van der Waals surface area (Å²) >= 11 is 0. The fourth-order valence-corrected chi connectivity index (χ4v) is 3.79. The van der Waals surface area contributed by atoms with E-state index < -0.39 is 0 Å². The van der Waals surface area contributed by atoms with Gasteiger partial charge in [0.15, 0.2) is 0 Å². The highest BCUT2D eigenvalue weighted by Crippen LogP contribution is 2.27. The predicted octanol–water partition coefficient (Wildman–Crippen LogP) is 6.85. The SMILES string of the molecule is N#Cc1ccc2c(Nc3cccc(C(=O)Nc4cccc(Nc5ccccc5)c4)c3)ccnc2c1. The molecule has 0 spiro atoms. The van der Waals surface area contributed by atoms with Gasteiger partial charge in [-0.2, -0.15) is 5.26 Å². The van der Waals surface area contributed by atoms with E-state index in [1.165, 1.54) is 0 Å². The van der Waals surface area contributed by atoms with Crippen LogP contribution in [0.5, 0.6) is 0 Å². The molecule has 0 aliphatic rings. The van der Waals surface area contributed by atoms with Crippen LogP contribution in [0, 0.1) is 11.3 Å². The maximum absolute atomic E-state index is 13.0. The van der Waals surface area contributed by atoms with Gasteiger partial charge in [0, 0.05) is 45.6 Å². The maximum atomic E-state index is 13.0. The number of para-hydroxylation sites is 1. The van der Waals surface area contributed by atoms with Crippen molar-refractivity contribution in [2.24, 2.45) is 0 Å². The molecule has 5 rings (SSSR count). The Morgan fingerprint density at radius 1 is 0.714 bits per heavy atom. The second-order valence-corrected chi connectivity index (χ2v) is 7.93. The summed E-state index contributed by atoms with van der Waals surface area (Å²) in [5.74, 6) is -0.205. The molecule has 168 valence electrons. The van der Waals surface area contributed by atoms with Crippen LogP contribution in [0.3, 0.4) is 0 Å². The summed E-state index contributed by atoms with van der Waals surface area (Å²) < 4.78 is 0. The van der Waals surface area contributed by atoms with E-state index in [4.69, 9.17) is 5.26 Å². The fraction of sp³-hybridized carbons (Fsp3) is 0. The Morgan fingerprint density at radius 3 is 2.29 bits per heavy atom. The number of fused-ring (bicyclic) bond motifs is 1. The molecule has 0 atom stereocenters. The largest absolute Gasteiger partial charge is 0.355 e. The number of hydrogen-bond acceptors (Lipinski definition) is 5. The molecule has 6 nitrogen and oxygen atoms in total. The van der Waals surface area contributed by atoms with Crippen LogP contribution in [-0.4, -0.2) is 10.9 Å². The zero-order chi connectivity index (χ0) is 24.0. The summed E-state index contributed by atoms with van der Waals surface area (Å²) in [5.41, 5.74) is 5.99. The van der Waals surface area contributed by atoms with E-state index in [2.05, 4.69) is 27.0 Å². The monoisotopic (exact) mass is 455 g/mol. The molecule has 4 aromatic carbocycles. The molecule has 1 amide bonds. The first-order valence-corrected chi connectivity index (χ1v) is 11.1. The van der Waals surface area contributed by atoms with Crippen LogP contribution >= 0.6 is 0 Å². The summed E-state index contributed by atoms with van der Waals surface area (Å²) in [6.07, 6.45) is 1.69. The molecule has 0 aliphatic carbocycles. The van der Waals surface area contributed by atoms with Crippen LogP contribution in [0.25, 0.3) is 10.9 Å². The van der Waals surface area contributed by atoms with Crippen molar-refractivity contribution in [3.05, 3.63) is 120 Å². The van der Waals surface area contributed by atoms with Gasteiger partial charge >= 0.3 is 0 Å². The van der Waals surface area contributed by atoms with Crippen LogP contribution in [0.15, 0.2) is 109 Å². The average Bonchev–Trinajstić information content (AvgIpc) is 2.89. The molecule has 0 aliphatic heterocycles. The second kappa shape index (κ2) is 9.77. The van der Waals surface area contributed by atoms with E-state index in [9.17, 15) is 4.79 Å². The molecule has 0 unspecified atom stereocenters. The van der Waals surface area contributed by atoms with Crippen molar-refractivity contribution >= 4 is 45.2 Å². The molecule has 35 heavy (non-hydrogen) atoms. The standard InChI is InChI=1S/C29H21N5O/c30-19-20-12-13-26-27(14-15-31-28(26)16-20)33-23-9-4-6-21(17-23)29(35)34-25-11-5-10-24(18-25)32-22-7-2-1-3-8-22/h1-18,32H,(H,31,33)(H,34,35). The normalized spacial score (nSPS) is 10.4. The molecule has 0 bridgehead atoms. The Morgan fingerprint density at radius 2 is 1.46 bits per heavy atom. The average molecular weight is 456 g/mol. The van der Waals surface area contributed by atoms with Gasteiger partial charge in [-0.1, -0.05) is 30.3 Å². The number of nitriles is 1. The molecule has 0 radical (unpaired) electrons. The van der Waals surface area contributed by atoms with E-state index in [1.807, 2.05) is 78.9 Å². The number of benzene rings is 4. The number of nitrogens with zero attached hydrogens (tertiary/aromatic N) is 2. The number of nitrogens with one attached hydrogen (secondary N) is 3. The molecule has 6 heteroatoms. The third-order valence-electron chi connectivity index (χ3n) is 5.46. The number of amides is 1. The maximum Gasteiger partial charge on any atom is 0.255 e. The van der Waals surface area contributed by atoms with Gasteiger partial charge < -0.3 is 16.0 Å².